The Morgan fingerprint density at radius 1 is 1.40 bits per heavy atom. The van der Waals surface area contributed by atoms with Gasteiger partial charge in [-0.15, -0.1) is 11.6 Å². The molecule has 7 heteroatoms. The summed E-state index contributed by atoms with van der Waals surface area (Å²) in [6.07, 6.45) is -4.75. The van der Waals surface area contributed by atoms with E-state index in [1.165, 1.54) is 6.07 Å². The van der Waals surface area contributed by atoms with Gasteiger partial charge in [0.05, 0.1) is 10.8 Å². The summed E-state index contributed by atoms with van der Waals surface area (Å²) in [5.74, 6) is -0.333. The molecule has 0 saturated carbocycles. The predicted octanol–water partition coefficient (Wildman–Crippen LogP) is 3.35. The number of benzene rings is 1. The van der Waals surface area contributed by atoms with E-state index in [1.54, 1.807) is 0 Å². The molecule has 0 aromatic heterocycles. The topological polar surface area (TPSA) is 43.1 Å². The molecule has 0 atom stereocenters. The maximum Gasteiger partial charge on any atom is 0.423 e. The molecule has 3 nitrogen and oxygen atoms in total. The zero-order valence-electron chi connectivity index (χ0n) is 7.21. The molecular weight excluding hydrogens is 235 g/mol. The minimum absolute atomic E-state index is 0.142. The van der Waals surface area contributed by atoms with Crippen LogP contribution in [0, 0.1) is 10.1 Å². The Bertz CT molecular complexity index is 392. The monoisotopic (exact) mass is 239 g/mol. The second-order valence-corrected chi connectivity index (χ2v) is 2.97. The normalized spacial score (nSPS) is 11.5. The number of nitro benzene ring substituents is 1. The summed E-state index contributed by atoms with van der Waals surface area (Å²) in [7, 11) is 0. The first-order chi connectivity index (χ1) is 6.88. The highest BCUT2D eigenvalue weighted by Gasteiger charge is 2.39. The van der Waals surface area contributed by atoms with E-state index < -0.39 is 22.4 Å². The molecule has 0 saturated heterocycles. The molecule has 1 rings (SSSR count). The second-order valence-electron chi connectivity index (χ2n) is 2.70. The van der Waals surface area contributed by atoms with E-state index in [-0.39, 0.29) is 11.4 Å². The largest absolute Gasteiger partial charge is 0.423 e. The Morgan fingerprint density at radius 2 is 2.00 bits per heavy atom. The van der Waals surface area contributed by atoms with Crippen molar-refractivity contribution in [2.24, 2.45) is 0 Å². The van der Waals surface area contributed by atoms with Crippen LogP contribution in [0.4, 0.5) is 18.9 Å². The van der Waals surface area contributed by atoms with E-state index in [0.717, 1.165) is 6.07 Å². The number of para-hydroxylation sites is 1. The Morgan fingerprint density at radius 3 is 2.40 bits per heavy atom. The lowest BCUT2D eigenvalue weighted by Gasteiger charge is -2.08. The number of halogens is 4. The smallest absolute Gasteiger partial charge is 0.258 e. The van der Waals surface area contributed by atoms with Crippen LogP contribution in [0.1, 0.15) is 11.1 Å². The lowest BCUT2D eigenvalue weighted by molar-refractivity contribution is -0.388. The lowest BCUT2D eigenvalue weighted by atomic mass is 10.1. The van der Waals surface area contributed by atoms with Gasteiger partial charge in [-0.05, 0) is 6.07 Å². The molecule has 15 heavy (non-hydrogen) atoms. The van der Waals surface area contributed by atoms with Gasteiger partial charge in [-0.1, -0.05) is 12.1 Å². The van der Waals surface area contributed by atoms with Crippen molar-refractivity contribution in [2.75, 3.05) is 0 Å². The van der Waals surface area contributed by atoms with Crippen molar-refractivity contribution in [3.8, 4) is 0 Å². The molecule has 0 fully saturated rings. The van der Waals surface area contributed by atoms with Crippen LogP contribution in [0.3, 0.4) is 0 Å². The average molecular weight is 240 g/mol. The quantitative estimate of drug-likeness (QED) is 0.451. The van der Waals surface area contributed by atoms with Crippen molar-refractivity contribution in [2.45, 2.75) is 12.1 Å². The molecule has 0 spiro atoms. The second kappa shape index (κ2) is 4.06. The summed E-state index contributed by atoms with van der Waals surface area (Å²) in [6.45, 7) is 0. The summed E-state index contributed by atoms with van der Waals surface area (Å²) in [5, 5.41) is 10.5. The fraction of sp³-hybridized carbons (Fsp3) is 0.250. The summed E-state index contributed by atoms with van der Waals surface area (Å²) >= 11 is 5.33. The third kappa shape index (κ3) is 2.38. The molecular formula is C8H5ClF3NO2. The van der Waals surface area contributed by atoms with Crippen LogP contribution in [0.15, 0.2) is 18.2 Å². The van der Waals surface area contributed by atoms with Crippen LogP contribution in [0.25, 0.3) is 0 Å². The Kier molecular flexibility index (Phi) is 3.18. The van der Waals surface area contributed by atoms with Gasteiger partial charge < -0.3 is 0 Å². The Labute approximate surface area is 87.6 Å². The first-order valence-electron chi connectivity index (χ1n) is 3.77. The van der Waals surface area contributed by atoms with Gasteiger partial charge in [0, 0.05) is 5.56 Å². The number of alkyl halides is 4. The van der Waals surface area contributed by atoms with E-state index in [9.17, 15) is 23.3 Å². The van der Waals surface area contributed by atoms with E-state index >= 15 is 0 Å². The van der Waals surface area contributed by atoms with Crippen molar-refractivity contribution in [3.63, 3.8) is 0 Å². The number of hydrogen-bond donors (Lipinski definition) is 0. The Balaban J connectivity index is 3.46. The average Bonchev–Trinajstić information content (AvgIpc) is 2.15. The molecule has 0 amide bonds. The van der Waals surface area contributed by atoms with Crippen LogP contribution >= 0.6 is 11.6 Å². The fourth-order valence-corrected chi connectivity index (χ4v) is 1.36. The molecule has 0 N–H and O–H groups in total. The molecule has 0 unspecified atom stereocenters. The van der Waals surface area contributed by atoms with Gasteiger partial charge in [0.15, 0.2) is 0 Å². The molecule has 1 aromatic carbocycles. The molecule has 0 aliphatic rings. The van der Waals surface area contributed by atoms with Gasteiger partial charge >= 0.3 is 6.18 Å². The highest BCUT2D eigenvalue weighted by atomic mass is 35.5. The standard InChI is InChI=1S/C8H5ClF3NO2/c9-4-5-2-1-3-6(8(10,11)12)7(5)13(14)15/h1-3H,4H2. The molecule has 0 heterocycles. The van der Waals surface area contributed by atoms with Crippen molar-refractivity contribution in [1.29, 1.82) is 0 Å². The molecule has 0 aliphatic heterocycles. The molecule has 82 valence electrons. The third-order valence-electron chi connectivity index (χ3n) is 1.75. The van der Waals surface area contributed by atoms with Crippen molar-refractivity contribution >= 4 is 17.3 Å². The summed E-state index contributed by atoms with van der Waals surface area (Å²) in [6, 6.07) is 2.95. The summed E-state index contributed by atoms with van der Waals surface area (Å²) < 4.78 is 37.1. The van der Waals surface area contributed by atoms with Crippen LogP contribution in [-0.4, -0.2) is 4.92 Å². The van der Waals surface area contributed by atoms with Gasteiger partial charge in [-0.25, -0.2) is 0 Å². The zero-order valence-corrected chi connectivity index (χ0v) is 7.97. The molecule has 0 radical (unpaired) electrons. The Hall–Kier alpha value is -1.30. The lowest BCUT2D eigenvalue weighted by Crippen LogP contribution is -2.10. The molecule has 0 aliphatic carbocycles. The number of rotatable bonds is 2. The van der Waals surface area contributed by atoms with Gasteiger partial charge in [0.2, 0.25) is 0 Å². The van der Waals surface area contributed by atoms with Crippen LogP contribution < -0.4 is 0 Å². The van der Waals surface area contributed by atoms with E-state index in [1.807, 2.05) is 0 Å². The summed E-state index contributed by atoms with van der Waals surface area (Å²) in [4.78, 5) is 9.43. The van der Waals surface area contributed by atoms with Crippen molar-refractivity contribution in [1.82, 2.24) is 0 Å². The number of hydrogen-bond acceptors (Lipinski definition) is 2. The SMILES string of the molecule is O=[N+]([O-])c1c(CCl)cccc1C(F)(F)F. The van der Waals surface area contributed by atoms with Gasteiger partial charge in [0.25, 0.3) is 5.69 Å². The first-order valence-corrected chi connectivity index (χ1v) is 4.31. The molecule has 0 bridgehead atoms. The third-order valence-corrected chi connectivity index (χ3v) is 2.04. The van der Waals surface area contributed by atoms with Crippen LogP contribution in [0.5, 0.6) is 0 Å². The van der Waals surface area contributed by atoms with Gasteiger partial charge in [0.1, 0.15) is 5.56 Å². The highest BCUT2D eigenvalue weighted by Crippen LogP contribution is 2.38. The predicted molar refractivity (Wildman–Crippen MR) is 47.7 cm³/mol. The highest BCUT2D eigenvalue weighted by molar-refractivity contribution is 6.17. The minimum Gasteiger partial charge on any atom is -0.258 e. The van der Waals surface area contributed by atoms with Crippen LogP contribution in [0.2, 0.25) is 0 Å². The van der Waals surface area contributed by atoms with Crippen molar-refractivity contribution in [3.05, 3.63) is 39.4 Å². The maximum absolute atomic E-state index is 12.4. The zero-order chi connectivity index (χ0) is 11.6. The molecule has 1 aromatic rings. The maximum atomic E-state index is 12.4. The van der Waals surface area contributed by atoms with E-state index in [4.69, 9.17) is 11.6 Å². The van der Waals surface area contributed by atoms with E-state index in [2.05, 4.69) is 0 Å². The fourth-order valence-electron chi connectivity index (χ4n) is 1.14. The number of nitro groups is 1. The van der Waals surface area contributed by atoms with Gasteiger partial charge in [-0.2, -0.15) is 13.2 Å². The first kappa shape index (κ1) is 11.8. The summed E-state index contributed by atoms with van der Waals surface area (Å²) in [5.41, 5.74) is -2.39. The minimum atomic E-state index is -4.75. The van der Waals surface area contributed by atoms with Crippen molar-refractivity contribution < 1.29 is 18.1 Å². The number of nitrogens with zero attached hydrogens (tertiary/aromatic N) is 1. The van der Waals surface area contributed by atoms with Crippen LogP contribution in [-0.2, 0) is 12.1 Å². The van der Waals surface area contributed by atoms with E-state index in [0.29, 0.717) is 6.07 Å². The van der Waals surface area contributed by atoms with Gasteiger partial charge in [-0.3, -0.25) is 10.1 Å².